The second-order valence-corrected chi connectivity index (χ2v) is 4.47. The first kappa shape index (κ1) is 13.2. The molecule has 0 fully saturated rings. The van der Waals surface area contributed by atoms with Crippen molar-refractivity contribution in [3.63, 3.8) is 0 Å². The number of anilines is 1. The highest BCUT2D eigenvalue weighted by Crippen LogP contribution is 2.23. The van der Waals surface area contributed by atoms with Gasteiger partial charge in [0.1, 0.15) is 4.88 Å². The number of carboxylic acids is 1. The molecule has 1 heterocycles. The highest BCUT2D eigenvalue weighted by atomic mass is 32.1. The van der Waals surface area contributed by atoms with Gasteiger partial charge in [0.05, 0.1) is 5.69 Å². The van der Waals surface area contributed by atoms with Crippen molar-refractivity contribution in [3.05, 3.63) is 51.7 Å². The van der Waals surface area contributed by atoms with Gasteiger partial charge in [-0.2, -0.15) is 0 Å². The number of nitrogens with one attached hydrogen (secondary N) is 1. The predicted octanol–water partition coefficient (Wildman–Crippen LogP) is 2.98. The number of hydrogen-bond donors (Lipinski definition) is 2. The molecule has 2 rings (SSSR count). The standard InChI is InChI=1S/C12H7F2NO3S/c13-7-2-1-6(5-8(7)14)11(16)15-9-3-4-19-10(9)12(17)18/h1-5H,(H,15,16)(H,17,18). The van der Waals surface area contributed by atoms with E-state index in [2.05, 4.69) is 5.32 Å². The molecule has 19 heavy (non-hydrogen) atoms. The lowest BCUT2D eigenvalue weighted by Crippen LogP contribution is -2.13. The zero-order valence-corrected chi connectivity index (χ0v) is 10.1. The topological polar surface area (TPSA) is 66.4 Å². The number of halogens is 2. The van der Waals surface area contributed by atoms with Gasteiger partial charge in [-0.3, -0.25) is 4.79 Å². The number of carboxylic acid groups (broad SMARTS) is 1. The molecule has 0 unspecified atom stereocenters. The Labute approximate surface area is 110 Å². The molecule has 4 nitrogen and oxygen atoms in total. The van der Waals surface area contributed by atoms with Crippen LogP contribution >= 0.6 is 11.3 Å². The smallest absolute Gasteiger partial charge is 0.348 e. The maximum atomic E-state index is 13.0. The van der Waals surface area contributed by atoms with Crippen LogP contribution < -0.4 is 5.32 Å². The normalized spacial score (nSPS) is 10.2. The molecule has 98 valence electrons. The largest absolute Gasteiger partial charge is 0.477 e. The zero-order valence-electron chi connectivity index (χ0n) is 9.31. The lowest BCUT2D eigenvalue weighted by molar-refractivity contribution is 0.0703. The Balaban J connectivity index is 2.23. The molecule has 2 aromatic rings. The molecule has 0 atom stereocenters. The molecule has 1 aromatic heterocycles. The van der Waals surface area contributed by atoms with E-state index < -0.39 is 23.5 Å². The van der Waals surface area contributed by atoms with Crippen molar-refractivity contribution in [2.24, 2.45) is 0 Å². The molecule has 7 heteroatoms. The number of carbonyl (C=O) groups is 2. The zero-order chi connectivity index (χ0) is 14.0. The molecule has 1 aromatic carbocycles. The van der Waals surface area contributed by atoms with E-state index >= 15 is 0 Å². The van der Waals surface area contributed by atoms with Gasteiger partial charge >= 0.3 is 5.97 Å². The lowest BCUT2D eigenvalue weighted by Gasteiger charge is -2.04. The summed E-state index contributed by atoms with van der Waals surface area (Å²) in [5, 5.41) is 12.7. The summed E-state index contributed by atoms with van der Waals surface area (Å²) in [4.78, 5) is 22.6. The fraction of sp³-hybridized carbons (Fsp3) is 0. The Morgan fingerprint density at radius 3 is 2.53 bits per heavy atom. The fourth-order valence-electron chi connectivity index (χ4n) is 1.41. The second-order valence-electron chi connectivity index (χ2n) is 3.55. The maximum absolute atomic E-state index is 13.0. The van der Waals surface area contributed by atoms with Crippen molar-refractivity contribution in [2.75, 3.05) is 5.32 Å². The van der Waals surface area contributed by atoms with Crippen LogP contribution in [0.5, 0.6) is 0 Å². The van der Waals surface area contributed by atoms with E-state index in [1.807, 2.05) is 0 Å². The molecule has 0 bridgehead atoms. The maximum Gasteiger partial charge on any atom is 0.348 e. The summed E-state index contributed by atoms with van der Waals surface area (Å²) in [6, 6.07) is 4.11. The van der Waals surface area contributed by atoms with Gasteiger partial charge in [0, 0.05) is 5.56 Å². The second kappa shape index (κ2) is 5.15. The third-order valence-electron chi connectivity index (χ3n) is 2.29. The summed E-state index contributed by atoms with van der Waals surface area (Å²) in [6.45, 7) is 0. The van der Waals surface area contributed by atoms with Gasteiger partial charge in [0.25, 0.3) is 5.91 Å². The van der Waals surface area contributed by atoms with E-state index in [1.54, 1.807) is 0 Å². The highest BCUT2D eigenvalue weighted by Gasteiger charge is 2.15. The number of aromatic carboxylic acids is 1. The van der Waals surface area contributed by atoms with E-state index in [0.717, 1.165) is 29.5 Å². The van der Waals surface area contributed by atoms with Crippen LogP contribution in [0.3, 0.4) is 0 Å². The van der Waals surface area contributed by atoms with Gasteiger partial charge in [-0.1, -0.05) is 0 Å². The van der Waals surface area contributed by atoms with E-state index in [9.17, 15) is 18.4 Å². The summed E-state index contributed by atoms with van der Waals surface area (Å²) in [7, 11) is 0. The monoisotopic (exact) mass is 283 g/mol. The third kappa shape index (κ3) is 2.76. The molecule has 1 amide bonds. The van der Waals surface area contributed by atoms with Gasteiger partial charge in [0.2, 0.25) is 0 Å². The van der Waals surface area contributed by atoms with Crippen LogP contribution in [0.4, 0.5) is 14.5 Å². The molecular formula is C12H7F2NO3S. The van der Waals surface area contributed by atoms with Gasteiger partial charge in [-0.15, -0.1) is 11.3 Å². The molecule has 0 aliphatic rings. The van der Waals surface area contributed by atoms with E-state index in [0.29, 0.717) is 0 Å². The van der Waals surface area contributed by atoms with Crippen LogP contribution in [0.25, 0.3) is 0 Å². The van der Waals surface area contributed by atoms with E-state index in [1.165, 1.54) is 11.4 Å². The van der Waals surface area contributed by atoms with Crippen molar-refractivity contribution in [1.29, 1.82) is 0 Å². The van der Waals surface area contributed by atoms with E-state index in [4.69, 9.17) is 5.11 Å². The molecule has 0 radical (unpaired) electrons. The number of thiophene rings is 1. The molecular weight excluding hydrogens is 276 g/mol. The minimum absolute atomic E-state index is 0.0315. The SMILES string of the molecule is O=C(Nc1ccsc1C(=O)O)c1ccc(F)c(F)c1. The minimum atomic E-state index is -1.17. The summed E-state index contributed by atoms with van der Waals surface area (Å²) < 4.78 is 25.7. The summed E-state index contributed by atoms with van der Waals surface area (Å²) >= 11 is 0.952. The first-order valence-corrected chi connectivity index (χ1v) is 5.94. The first-order chi connectivity index (χ1) is 8.99. The molecule has 0 aliphatic carbocycles. The van der Waals surface area contributed by atoms with Gasteiger partial charge in [-0.05, 0) is 29.6 Å². The lowest BCUT2D eigenvalue weighted by atomic mass is 10.2. The van der Waals surface area contributed by atoms with Crippen molar-refractivity contribution >= 4 is 28.9 Å². The van der Waals surface area contributed by atoms with Crippen LogP contribution in [0.2, 0.25) is 0 Å². The summed E-state index contributed by atoms with van der Waals surface area (Å²) in [5.74, 6) is -4.08. The number of benzene rings is 1. The fourth-order valence-corrected chi connectivity index (χ4v) is 2.09. The van der Waals surface area contributed by atoms with Crippen LogP contribution in [-0.4, -0.2) is 17.0 Å². The van der Waals surface area contributed by atoms with Gasteiger partial charge < -0.3 is 10.4 Å². The molecule has 0 spiro atoms. The quantitative estimate of drug-likeness (QED) is 0.910. The van der Waals surface area contributed by atoms with Crippen LogP contribution in [0, 0.1) is 11.6 Å². The number of carbonyl (C=O) groups excluding carboxylic acids is 1. The third-order valence-corrected chi connectivity index (χ3v) is 3.19. The van der Waals surface area contributed by atoms with Crippen LogP contribution in [0.15, 0.2) is 29.6 Å². The Bertz CT molecular complexity index is 654. The van der Waals surface area contributed by atoms with Crippen molar-refractivity contribution in [3.8, 4) is 0 Å². The summed E-state index contributed by atoms with van der Waals surface area (Å²) in [6.07, 6.45) is 0. The van der Waals surface area contributed by atoms with Gasteiger partial charge in [-0.25, -0.2) is 13.6 Å². The van der Waals surface area contributed by atoms with E-state index in [-0.39, 0.29) is 16.1 Å². The van der Waals surface area contributed by atoms with Crippen molar-refractivity contribution in [1.82, 2.24) is 0 Å². The molecule has 0 saturated carbocycles. The minimum Gasteiger partial charge on any atom is -0.477 e. The highest BCUT2D eigenvalue weighted by molar-refractivity contribution is 7.12. The Morgan fingerprint density at radius 1 is 1.16 bits per heavy atom. The number of amides is 1. The van der Waals surface area contributed by atoms with Crippen LogP contribution in [0.1, 0.15) is 20.0 Å². The molecule has 2 N–H and O–H groups in total. The van der Waals surface area contributed by atoms with Crippen molar-refractivity contribution in [2.45, 2.75) is 0 Å². The Kier molecular flexibility index (Phi) is 3.57. The van der Waals surface area contributed by atoms with Gasteiger partial charge in [0.15, 0.2) is 11.6 Å². The first-order valence-electron chi connectivity index (χ1n) is 5.06. The number of rotatable bonds is 3. The Hall–Kier alpha value is -2.28. The average molecular weight is 283 g/mol. The molecule has 0 saturated heterocycles. The molecule has 0 aliphatic heterocycles. The summed E-state index contributed by atoms with van der Waals surface area (Å²) in [5.41, 5.74) is 0.0219. The number of hydrogen-bond acceptors (Lipinski definition) is 3. The average Bonchev–Trinajstić information content (AvgIpc) is 2.80. The van der Waals surface area contributed by atoms with Crippen LogP contribution in [-0.2, 0) is 0 Å². The van der Waals surface area contributed by atoms with Crippen molar-refractivity contribution < 1.29 is 23.5 Å². The Morgan fingerprint density at radius 2 is 1.89 bits per heavy atom. The predicted molar refractivity (Wildman–Crippen MR) is 65.6 cm³/mol.